The summed E-state index contributed by atoms with van der Waals surface area (Å²) in [6.45, 7) is 0. The van der Waals surface area contributed by atoms with E-state index in [0.29, 0.717) is 28.5 Å². The molecule has 4 aromatic rings. The number of hydrogen-bond donors (Lipinski definition) is 2. The van der Waals surface area contributed by atoms with Gasteiger partial charge in [-0.25, -0.2) is 9.97 Å². The monoisotopic (exact) mass is 414 g/mol. The molecule has 0 bridgehead atoms. The predicted molar refractivity (Wildman–Crippen MR) is 105 cm³/mol. The first-order valence-electron chi connectivity index (χ1n) is 8.43. The molecule has 5 nitrogen and oxygen atoms in total. The highest BCUT2D eigenvalue weighted by molar-refractivity contribution is 7.07. The summed E-state index contributed by atoms with van der Waals surface area (Å²) >= 11 is 1.33. The molecule has 0 radical (unpaired) electrons. The first-order valence-corrected chi connectivity index (χ1v) is 9.37. The third-order valence-electron chi connectivity index (χ3n) is 4.16. The van der Waals surface area contributed by atoms with E-state index < -0.39 is 11.7 Å². The lowest BCUT2D eigenvalue weighted by Gasteiger charge is -2.07. The number of H-pyrrole nitrogens is 1. The van der Waals surface area contributed by atoms with E-state index in [1.807, 2.05) is 0 Å². The lowest BCUT2D eigenvalue weighted by molar-refractivity contribution is -0.137. The summed E-state index contributed by atoms with van der Waals surface area (Å²) < 4.78 is 38.7. The summed E-state index contributed by atoms with van der Waals surface area (Å²) in [5.41, 5.74) is 3.41. The van der Waals surface area contributed by atoms with Crippen molar-refractivity contribution in [2.45, 2.75) is 6.18 Å². The molecule has 0 fully saturated rings. The van der Waals surface area contributed by atoms with Crippen LogP contribution in [0.2, 0.25) is 0 Å². The van der Waals surface area contributed by atoms with E-state index in [-0.39, 0.29) is 5.91 Å². The highest BCUT2D eigenvalue weighted by atomic mass is 32.1. The van der Waals surface area contributed by atoms with E-state index >= 15 is 0 Å². The van der Waals surface area contributed by atoms with E-state index in [9.17, 15) is 18.0 Å². The maximum absolute atomic E-state index is 12.9. The first-order chi connectivity index (χ1) is 13.9. The van der Waals surface area contributed by atoms with Gasteiger partial charge in [0.15, 0.2) is 0 Å². The van der Waals surface area contributed by atoms with Crippen LogP contribution in [0.3, 0.4) is 0 Å². The summed E-state index contributed by atoms with van der Waals surface area (Å²) in [7, 11) is 0. The zero-order valence-electron chi connectivity index (χ0n) is 14.7. The predicted octanol–water partition coefficient (Wildman–Crippen LogP) is 5.47. The van der Waals surface area contributed by atoms with Crippen molar-refractivity contribution in [3.63, 3.8) is 0 Å². The fraction of sp³-hybridized carbons (Fsp3) is 0.0500. The molecule has 0 aliphatic heterocycles. The maximum atomic E-state index is 12.9. The number of halogens is 3. The molecule has 2 aromatic carbocycles. The molecule has 0 unspecified atom stereocenters. The first kappa shape index (κ1) is 18.9. The minimum Gasteiger partial charge on any atom is -0.338 e. The minimum atomic E-state index is -4.41. The summed E-state index contributed by atoms with van der Waals surface area (Å²) in [6, 6.07) is 12.0. The Balaban J connectivity index is 1.52. The number of nitrogens with zero attached hydrogens (tertiary/aromatic N) is 2. The maximum Gasteiger partial charge on any atom is 0.416 e. The van der Waals surface area contributed by atoms with Gasteiger partial charge in [0.25, 0.3) is 5.91 Å². The number of thiazole rings is 1. The van der Waals surface area contributed by atoms with Crippen LogP contribution in [-0.4, -0.2) is 20.9 Å². The molecule has 2 aromatic heterocycles. The molecule has 0 spiro atoms. The largest absolute Gasteiger partial charge is 0.416 e. The molecule has 1 amide bonds. The van der Waals surface area contributed by atoms with E-state index in [1.54, 1.807) is 41.2 Å². The average molecular weight is 414 g/mol. The number of alkyl halides is 3. The van der Waals surface area contributed by atoms with E-state index in [4.69, 9.17) is 0 Å². The highest BCUT2D eigenvalue weighted by Gasteiger charge is 2.30. The van der Waals surface area contributed by atoms with Crippen LogP contribution < -0.4 is 5.32 Å². The lowest BCUT2D eigenvalue weighted by atomic mass is 10.1. The van der Waals surface area contributed by atoms with Gasteiger partial charge in [0.05, 0.1) is 23.0 Å². The lowest BCUT2D eigenvalue weighted by Crippen LogP contribution is -2.11. The minimum absolute atomic E-state index is 0.302. The van der Waals surface area contributed by atoms with Crippen LogP contribution in [0.25, 0.3) is 22.6 Å². The van der Waals surface area contributed by atoms with Crippen molar-refractivity contribution >= 4 is 22.9 Å². The van der Waals surface area contributed by atoms with Crippen LogP contribution in [-0.2, 0) is 6.18 Å². The number of anilines is 1. The third kappa shape index (κ3) is 4.19. The van der Waals surface area contributed by atoms with Crippen molar-refractivity contribution in [1.82, 2.24) is 15.0 Å². The standard InChI is InChI=1S/C20H13F3N4OS/c21-20(22,23)14-3-1-2-13(8-14)16-9-24-18(27-16)12-4-6-15(7-5-12)26-19(28)17-10-29-11-25-17/h1-11H,(H,24,27)(H,26,28). The molecule has 146 valence electrons. The smallest absolute Gasteiger partial charge is 0.338 e. The van der Waals surface area contributed by atoms with Crippen molar-refractivity contribution in [2.75, 3.05) is 5.32 Å². The number of rotatable bonds is 4. The molecule has 0 saturated carbocycles. The van der Waals surface area contributed by atoms with Gasteiger partial charge >= 0.3 is 6.18 Å². The Kier molecular flexibility index (Phi) is 4.89. The van der Waals surface area contributed by atoms with Crippen molar-refractivity contribution in [3.05, 3.63) is 76.9 Å². The van der Waals surface area contributed by atoms with Gasteiger partial charge in [-0.3, -0.25) is 4.79 Å². The number of nitrogens with one attached hydrogen (secondary N) is 2. The van der Waals surface area contributed by atoms with Crippen LogP contribution in [0.15, 0.2) is 65.6 Å². The number of carbonyl (C=O) groups is 1. The fourth-order valence-electron chi connectivity index (χ4n) is 2.71. The topological polar surface area (TPSA) is 70.7 Å². The Morgan fingerprint density at radius 1 is 1.03 bits per heavy atom. The molecular weight excluding hydrogens is 401 g/mol. The van der Waals surface area contributed by atoms with Gasteiger partial charge in [-0.15, -0.1) is 11.3 Å². The Bertz CT molecular complexity index is 1140. The Hall–Kier alpha value is -3.46. The normalized spacial score (nSPS) is 11.4. The van der Waals surface area contributed by atoms with Crippen LogP contribution in [0.1, 0.15) is 16.1 Å². The third-order valence-corrected chi connectivity index (χ3v) is 4.74. The van der Waals surface area contributed by atoms with Gasteiger partial charge < -0.3 is 10.3 Å². The van der Waals surface area contributed by atoms with Crippen molar-refractivity contribution in [1.29, 1.82) is 0 Å². The van der Waals surface area contributed by atoms with Crippen molar-refractivity contribution in [2.24, 2.45) is 0 Å². The number of carbonyl (C=O) groups excluding carboxylic acids is 1. The van der Waals surface area contributed by atoms with Gasteiger partial charge in [0, 0.05) is 22.2 Å². The van der Waals surface area contributed by atoms with Gasteiger partial charge in [0.2, 0.25) is 0 Å². The Morgan fingerprint density at radius 3 is 2.52 bits per heavy atom. The molecule has 0 aliphatic carbocycles. The van der Waals surface area contributed by atoms with E-state index in [0.717, 1.165) is 17.7 Å². The van der Waals surface area contributed by atoms with E-state index in [2.05, 4.69) is 20.3 Å². The van der Waals surface area contributed by atoms with Gasteiger partial charge in [-0.1, -0.05) is 12.1 Å². The van der Waals surface area contributed by atoms with Crippen LogP contribution in [0.5, 0.6) is 0 Å². The van der Waals surface area contributed by atoms with Crippen LogP contribution in [0.4, 0.5) is 18.9 Å². The molecule has 29 heavy (non-hydrogen) atoms. The second-order valence-corrected chi connectivity index (χ2v) is 6.85. The number of amides is 1. The zero-order valence-corrected chi connectivity index (χ0v) is 15.5. The Morgan fingerprint density at radius 2 is 1.83 bits per heavy atom. The molecule has 2 N–H and O–H groups in total. The number of aromatic amines is 1. The van der Waals surface area contributed by atoms with Gasteiger partial charge in [-0.05, 0) is 36.4 Å². The molecule has 0 aliphatic rings. The second-order valence-electron chi connectivity index (χ2n) is 6.13. The number of imidazole rings is 1. The molecule has 0 atom stereocenters. The highest BCUT2D eigenvalue weighted by Crippen LogP contribution is 2.32. The SMILES string of the molecule is O=C(Nc1ccc(-c2ncc(-c3cccc(C(F)(F)F)c3)[nH]2)cc1)c1cscn1. The summed E-state index contributed by atoms with van der Waals surface area (Å²) in [6.07, 6.45) is -2.92. The van der Waals surface area contributed by atoms with Crippen LogP contribution in [0, 0.1) is 0 Å². The summed E-state index contributed by atoms with van der Waals surface area (Å²) in [5, 5.41) is 4.40. The summed E-state index contributed by atoms with van der Waals surface area (Å²) in [5.74, 6) is 0.207. The van der Waals surface area contributed by atoms with Gasteiger partial charge in [0.1, 0.15) is 11.5 Å². The molecule has 9 heteroatoms. The molecule has 0 saturated heterocycles. The fourth-order valence-corrected chi connectivity index (χ4v) is 3.24. The van der Waals surface area contributed by atoms with Crippen molar-refractivity contribution in [3.8, 4) is 22.6 Å². The average Bonchev–Trinajstić information content (AvgIpc) is 3.40. The zero-order chi connectivity index (χ0) is 20.4. The quantitative estimate of drug-likeness (QED) is 0.465. The summed E-state index contributed by atoms with van der Waals surface area (Å²) in [4.78, 5) is 23.3. The molecule has 4 rings (SSSR count). The van der Waals surface area contributed by atoms with Crippen molar-refractivity contribution < 1.29 is 18.0 Å². The van der Waals surface area contributed by atoms with E-state index in [1.165, 1.54) is 23.6 Å². The second kappa shape index (κ2) is 7.51. The number of benzene rings is 2. The number of hydrogen-bond acceptors (Lipinski definition) is 4. The van der Waals surface area contributed by atoms with Crippen LogP contribution >= 0.6 is 11.3 Å². The molecule has 2 heterocycles. The van der Waals surface area contributed by atoms with Gasteiger partial charge in [-0.2, -0.15) is 13.2 Å². The number of aromatic nitrogens is 3. The Labute approximate surface area is 167 Å². The molecular formula is C20H13F3N4OS.